The van der Waals surface area contributed by atoms with Crippen molar-refractivity contribution in [3.63, 3.8) is 0 Å². The van der Waals surface area contributed by atoms with E-state index in [1.54, 1.807) is 0 Å². The summed E-state index contributed by atoms with van der Waals surface area (Å²) in [5.74, 6) is -0.485. The maximum Gasteiger partial charge on any atom is 0.374 e. The number of hydrogen-bond acceptors (Lipinski definition) is 4. The Bertz CT molecular complexity index is 304. The van der Waals surface area contributed by atoms with Gasteiger partial charge in [-0.2, -0.15) is 14.7 Å². The zero-order chi connectivity index (χ0) is 12.0. The molecule has 0 aliphatic carbocycles. The normalized spacial score (nSPS) is 33.1. The average molecular weight is 228 g/mol. The quantitative estimate of drug-likeness (QED) is 0.423. The van der Waals surface area contributed by atoms with Crippen molar-refractivity contribution in [3.05, 3.63) is 12.2 Å². The van der Waals surface area contributed by atoms with E-state index in [9.17, 15) is 0 Å². The SMILES string of the molecule is CC(C)/C=C/C(C)(C)C1(C)COOC12OO2. The molecule has 2 rings (SSSR count). The first-order valence-corrected chi connectivity index (χ1v) is 5.70. The van der Waals surface area contributed by atoms with E-state index in [2.05, 4.69) is 46.8 Å². The highest BCUT2D eigenvalue weighted by Gasteiger charge is 2.74. The van der Waals surface area contributed by atoms with E-state index >= 15 is 0 Å². The molecule has 2 aliphatic rings. The van der Waals surface area contributed by atoms with Gasteiger partial charge in [-0.15, -0.1) is 0 Å². The van der Waals surface area contributed by atoms with E-state index < -0.39 is 5.97 Å². The summed E-state index contributed by atoms with van der Waals surface area (Å²) in [5.41, 5.74) is -0.477. The minimum atomic E-state index is -1.00. The van der Waals surface area contributed by atoms with Crippen LogP contribution in [0.25, 0.3) is 0 Å². The van der Waals surface area contributed by atoms with Crippen LogP contribution in [0.4, 0.5) is 0 Å². The fourth-order valence-corrected chi connectivity index (χ4v) is 1.85. The zero-order valence-corrected chi connectivity index (χ0v) is 10.6. The van der Waals surface area contributed by atoms with Crippen LogP contribution in [0.3, 0.4) is 0 Å². The van der Waals surface area contributed by atoms with E-state index in [1.165, 1.54) is 0 Å². The predicted octanol–water partition coefficient (Wildman–Crippen LogP) is 2.81. The Kier molecular flexibility index (Phi) is 2.66. The van der Waals surface area contributed by atoms with E-state index in [1.807, 2.05) is 0 Å². The van der Waals surface area contributed by atoms with Gasteiger partial charge in [0.05, 0.1) is 12.0 Å². The standard InChI is InChI=1S/C12H20O4/c1-9(2)6-7-10(3,4)11(5)8-13-14-12(11)15-16-12/h6-7,9H,8H2,1-5H3/b7-6+. The first kappa shape index (κ1) is 12.0. The smallest absolute Gasteiger partial charge is 0.230 e. The van der Waals surface area contributed by atoms with Gasteiger partial charge in [-0.25, -0.2) is 4.89 Å². The van der Waals surface area contributed by atoms with E-state index in [-0.39, 0.29) is 10.8 Å². The zero-order valence-electron chi connectivity index (χ0n) is 10.6. The molecule has 1 spiro atoms. The molecule has 0 radical (unpaired) electrons. The molecule has 0 N–H and O–H groups in total. The lowest BCUT2D eigenvalue weighted by Crippen LogP contribution is -2.45. The van der Waals surface area contributed by atoms with Crippen LogP contribution in [0.15, 0.2) is 12.2 Å². The van der Waals surface area contributed by atoms with Crippen molar-refractivity contribution in [2.24, 2.45) is 16.7 Å². The molecule has 0 amide bonds. The summed E-state index contributed by atoms with van der Waals surface area (Å²) in [6, 6.07) is 0. The maximum absolute atomic E-state index is 5.08. The molecular formula is C12H20O4. The Morgan fingerprint density at radius 3 is 2.31 bits per heavy atom. The minimum absolute atomic E-state index is 0.135. The van der Waals surface area contributed by atoms with Gasteiger partial charge in [0.1, 0.15) is 0 Å². The molecule has 1 atom stereocenters. The van der Waals surface area contributed by atoms with Crippen LogP contribution >= 0.6 is 0 Å². The number of hydrogen-bond donors (Lipinski definition) is 0. The Hall–Kier alpha value is -0.420. The van der Waals surface area contributed by atoms with Gasteiger partial charge in [-0.1, -0.05) is 39.8 Å². The van der Waals surface area contributed by atoms with Crippen molar-refractivity contribution in [1.29, 1.82) is 0 Å². The summed E-state index contributed by atoms with van der Waals surface area (Å²) < 4.78 is 0. The summed E-state index contributed by atoms with van der Waals surface area (Å²) in [5, 5.41) is 0. The van der Waals surface area contributed by atoms with Gasteiger partial charge in [-0.3, -0.25) is 0 Å². The second-order valence-electron chi connectivity index (χ2n) is 5.73. The molecule has 1 unspecified atom stereocenters. The average Bonchev–Trinajstić information content (AvgIpc) is 2.87. The lowest BCUT2D eigenvalue weighted by Gasteiger charge is -2.37. The first-order chi connectivity index (χ1) is 7.33. The van der Waals surface area contributed by atoms with Gasteiger partial charge in [0.15, 0.2) is 0 Å². The second kappa shape index (κ2) is 3.53. The lowest BCUT2D eigenvalue weighted by atomic mass is 9.65. The molecule has 2 saturated heterocycles. The van der Waals surface area contributed by atoms with E-state index in [0.717, 1.165) is 0 Å². The molecule has 0 saturated carbocycles. The van der Waals surface area contributed by atoms with Crippen molar-refractivity contribution >= 4 is 0 Å². The van der Waals surface area contributed by atoms with Crippen LogP contribution in [-0.2, 0) is 19.6 Å². The molecule has 2 heterocycles. The number of rotatable bonds is 3. The van der Waals surface area contributed by atoms with E-state index in [0.29, 0.717) is 12.5 Å². The van der Waals surface area contributed by atoms with Crippen LogP contribution in [0.1, 0.15) is 34.6 Å². The molecule has 2 aliphatic heterocycles. The fraction of sp³-hybridized carbons (Fsp3) is 0.833. The highest BCUT2D eigenvalue weighted by atomic mass is 17.5. The van der Waals surface area contributed by atoms with Crippen LogP contribution in [0.5, 0.6) is 0 Å². The van der Waals surface area contributed by atoms with Crippen molar-refractivity contribution in [2.45, 2.75) is 40.6 Å². The number of allylic oxidation sites excluding steroid dienone is 2. The van der Waals surface area contributed by atoms with E-state index in [4.69, 9.17) is 19.6 Å². The van der Waals surface area contributed by atoms with Gasteiger partial charge in [-0.05, 0) is 18.3 Å². The molecular weight excluding hydrogens is 208 g/mol. The Balaban J connectivity index is 2.22. The Morgan fingerprint density at radius 1 is 1.19 bits per heavy atom. The largest absolute Gasteiger partial charge is 0.374 e. The highest BCUT2D eigenvalue weighted by molar-refractivity contribution is 5.10. The Morgan fingerprint density at radius 2 is 1.81 bits per heavy atom. The van der Waals surface area contributed by atoms with Gasteiger partial charge in [0.25, 0.3) is 0 Å². The molecule has 92 valence electrons. The van der Waals surface area contributed by atoms with Crippen LogP contribution in [0, 0.1) is 16.7 Å². The van der Waals surface area contributed by atoms with Gasteiger partial charge in [0, 0.05) is 0 Å². The molecule has 0 aromatic heterocycles. The summed E-state index contributed by atoms with van der Waals surface area (Å²) in [7, 11) is 0. The maximum atomic E-state index is 5.08. The van der Waals surface area contributed by atoms with Crippen molar-refractivity contribution < 1.29 is 19.6 Å². The van der Waals surface area contributed by atoms with Crippen LogP contribution in [-0.4, -0.2) is 12.6 Å². The third kappa shape index (κ3) is 1.61. The summed E-state index contributed by atoms with van der Waals surface area (Å²) in [6.07, 6.45) is 4.36. The molecule has 0 aromatic carbocycles. The molecule has 16 heavy (non-hydrogen) atoms. The van der Waals surface area contributed by atoms with Crippen molar-refractivity contribution in [3.8, 4) is 0 Å². The van der Waals surface area contributed by atoms with Crippen molar-refractivity contribution in [1.82, 2.24) is 0 Å². The van der Waals surface area contributed by atoms with Gasteiger partial charge in [0.2, 0.25) is 0 Å². The molecule has 2 fully saturated rings. The molecule has 4 heteroatoms. The predicted molar refractivity (Wildman–Crippen MR) is 57.8 cm³/mol. The summed E-state index contributed by atoms with van der Waals surface area (Å²) >= 11 is 0. The molecule has 4 nitrogen and oxygen atoms in total. The molecule has 0 bridgehead atoms. The van der Waals surface area contributed by atoms with Crippen LogP contribution in [0.2, 0.25) is 0 Å². The lowest BCUT2D eigenvalue weighted by molar-refractivity contribution is -0.317. The highest BCUT2D eigenvalue weighted by Crippen LogP contribution is 2.60. The third-order valence-corrected chi connectivity index (χ3v) is 3.75. The van der Waals surface area contributed by atoms with Crippen LogP contribution < -0.4 is 0 Å². The summed E-state index contributed by atoms with van der Waals surface area (Å²) in [6.45, 7) is 11.1. The molecule has 0 aromatic rings. The minimum Gasteiger partial charge on any atom is -0.230 e. The van der Waals surface area contributed by atoms with Crippen molar-refractivity contribution in [2.75, 3.05) is 6.61 Å². The fourth-order valence-electron chi connectivity index (χ4n) is 1.85. The second-order valence-corrected chi connectivity index (χ2v) is 5.73. The first-order valence-electron chi connectivity index (χ1n) is 5.70. The monoisotopic (exact) mass is 228 g/mol. The Labute approximate surface area is 96.4 Å². The topological polar surface area (TPSA) is 43.5 Å². The van der Waals surface area contributed by atoms with Gasteiger partial charge < -0.3 is 0 Å². The third-order valence-electron chi connectivity index (χ3n) is 3.75. The van der Waals surface area contributed by atoms with Gasteiger partial charge >= 0.3 is 5.97 Å². The summed E-state index contributed by atoms with van der Waals surface area (Å²) in [4.78, 5) is 20.1.